The molecule has 10 heteroatoms. The number of likely N-dealkylation sites (N-methyl/N-ethyl adjacent to an activating group) is 1. The predicted octanol–water partition coefficient (Wildman–Crippen LogP) is 1.03. The van der Waals surface area contributed by atoms with Crippen LogP contribution < -0.4 is 15.8 Å². The number of hydrogen-bond donors (Lipinski definition) is 3. The number of aliphatic imine (C=N–C) groups is 1. The molecular weight excluding hydrogens is 461 g/mol. The number of guanidine groups is 1. The predicted molar refractivity (Wildman–Crippen MR) is 110 cm³/mol. The fourth-order valence-corrected chi connectivity index (χ4v) is 4.71. The Bertz CT molecular complexity index is 607. The van der Waals surface area contributed by atoms with Crippen LogP contribution in [0.1, 0.15) is 19.8 Å². The highest BCUT2D eigenvalue weighted by molar-refractivity contribution is 14.0. The molecule has 1 aromatic rings. The molecule has 0 amide bonds. The van der Waals surface area contributed by atoms with Gasteiger partial charge in [0.2, 0.25) is 10.0 Å². The normalized spacial score (nSPS) is 19.2. The van der Waals surface area contributed by atoms with Crippen molar-refractivity contribution in [3.05, 3.63) is 17.5 Å². The monoisotopic (exact) mass is 487 g/mol. The van der Waals surface area contributed by atoms with Crippen LogP contribution in [0.2, 0.25) is 0 Å². The van der Waals surface area contributed by atoms with E-state index in [9.17, 15) is 8.42 Å². The number of hydrogen-bond acceptors (Lipinski definition) is 5. The maximum absolute atomic E-state index is 11.9. The standard InChI is InChI=1S/C14H25N5O2S2.HI/c1-2-19-9-3-5-12(19)11-17-14(15)16-7-8-18-23(20,21)13-6-4-10-22-13;/h4,6,10,12,18H,2-3,5,7-9,11H2,1H3,(H3,15,16,17);1H. The Balaban J connectivity index is 0.00000288. The molecule has 1 fully saturated rings. The van der Waals surface area contributed by atoms with E-state index in [1.54, 1.807) is 17.5 Å². The number of nitrogens with one attached hydrogen (secondary N) is 2. The van der Waals surface area contributed by atoms with Gasteiger partial charge in [0.25, 0.3) is 0 Å². The van der Waals surface area contributed by atoms with Gasteiger partial charge >= 0.3 is 0 Å². The Morgan fingerprint density at radius 3 is 2.96 bits per heavy atom. The molecule has 2 heterocycles. The molecular formula is C14H26IN5O2S2. The van der Waals surface area contributed by atoms with Gasteiger partial charge in [0.15, 0.2) is 5.96 Å². The molecule has 1 aliphatic rings. The first-order valence-electron chi connectivity index (χ1n) is 7.84. The van der Waals surface area contributed by atoms with E-state index in [-0.39, 0.29) is 30.5 Å². The summed E-state index contributed by atoms with van der Waals surface area (Å²) in [7, 11) is -3.41. The van der Waals surface area contributed by atoms with Crippen molar-refractivity contribution in [1.82, 2.24) is 14.9 Å². The van der Waals surface area contributed by atoms with Gasteiger partial charge in [-0.1, -0.05) is 13.0 Å². The summed E-state index contributed by atoms with van der Waals surface area (Å²) in [5, 5.41) is 4.68. The third kappa shape index (κ3) is 6.47. The summed E-state index contributed by atoms with van der Waals surface area (Å²) in [6.07, 6.45) is 2.37. The molecule has 0 spiro atoms. The molecule has 24 heavy (non-hydrogen) atoms. The number of nitrogens with two attached hydrogens (primary N) is 1. The molecule has 138 valence electrons. The minimum Gasteiger partial charge on any atom is -0.370 e. The molecule has 0 saturated carbocycles. The third-order valence-corrected chi connectivity index (χ3v) is 6.72. The van der Waals surface area contributed by atoms with Crippen molar-refractivity contribution >= 4 is 51.3 Å². The average molecular weight is 487 g/mol. The minimum atomic E-state index is -3.41. The van der Waals surface area contributed by atoms with Gasteiger partial charge in [0, 0.05) is 19.1 Å². The van der Waals surface area contributed by atoms with Crippen LogP contribution in [-0.4, -0.2) is 58.0 Å². The van der Waals surface area contributed by atoms with Crippen molar-refractivity contribution in [3.8, 4) is 0 Å². The second kappa shape index (κ2) is 10.5. The summed E-state index contributed by atoms with van der Waals surface area (Å²) >= 11 is 1.19. The lowest BCUT2D eigenvalue weighted by Gasteiger charge is -2.20. The van der Waals surface area contributed by atoms with Crippen LogP contribution in [0, 0.1) is 0 Å². The van der Waals surface area contributed by atoms with E-state index >= 15 is 0 Å². The molecule has 0 aliphatic carbocycles. The number of likely N-dealkylation sites (tertiary alicyclic amines) is 1. The van der Waals surface area contributed by atoms with Gasteiger partial charge < -0.3 is 11.1 Å². The largest absolute Gasteiger partial charge is 0.370 e. The summed E-state index contributed by atoms with van der Waals surface area (Å²) in [5.41, 5.74) is 5.83. The van der Waals surface area contributed by atoms with Crippen molar-refractivity contribution < 1.29 is 8.42 Å². The Morgan fingerprint density at radius 1 is 1.50 bits per heavy atom. The van der Waals surface area contributed by atoms with Crippen molar-refractivity contribution in [3.63, 3.8) is 0 Å². The van der Waals surface area contributed by atoms with E-state index in [0.717, 1.165) is 19.5 Å². The first-order chi connectivity index (χ1) is 11.0. The zero-order valence-corrected chi connectivity index (χ0v) is 17.7. The van der Waals surface area contributed by atoms with Gasteiger partial charge in [0.05, 0.1) is 6.54 Å². The first kappa shape index (κ1) is 21.6. The lowest BCUT2D eigenvalue weighted by molar-refractivity contribution is 0.273. The van der Waals surface area contributed by atoms with Gasteiger partial charge in [-0.3, -0.25) is 9.89 Å². The SMILES string of the molecule is CCN1CCCC1CN=C(N)NCCNS(=O)(=O)c1cccs1.I. The number of nitrogens with zero attached hydrogens (tertiary/aromatic N) is 2. The van der Waals surface area contributed by atoms with E-state index in [1.165, 1.54) is 17.8 Å². The summed E-state index contributed by atoms with van der Waals surface area (Å²) in [6, 6.07) is 3.76. The summed E-state index contributed by atoms with van der Waals surface area (Å²) < 4.78 is 26.7. The lowest BCUT2D eigenvalue weighted by Crippen LogP contribution is -2.39. The second-order valence-electron chi connectivity index (χ2n) is 5.41. The fraction of sp³-hybridized carbons (Fsp3) is 0.643. The molecule has 1 aliphatic heterocycles. The Hall–Kier alpha value is -0.430. The van der Waals surface area contributed by atoms with E-state index < -0.39 is 10.0 Å². The number of halogens is 1. The van der Waals surface area contributed by atoms with Crippen LogP contribution in [0.15, 0.2) is 26.7 Å². The Morgan fingerprint density at radius 2 is 2.29 bits per heavy atom. The molecule has 1 saturated heterocycles. The molecule has 0 aromatic carbocycles. The topological polar surface area (TPSA) is 99.8 Å². The highest BCUT2D eigenvalue weighted by atomic mass is 127. The maximum atomic E-state index is 11.9. The molecule has 1 atom stereocenters. The van der Waals surface area contributed by atoms with Gasteiger partial charge in [0.1, 0.15) is 4.21 Å². The van der Waals surface area contributed by atoms with Crippen molar-refractivity contribution in [1.29, 1.82) is 0 Å². The van der Waals surface area contributed by atoms with E-state index in [2.05, 4.69) is 26.9 Å². The molecule has 0 radical (unpaired) electrons. The highest BCUT2D eigenvalue weighted by Crippen LogP contribution is 2.16. The Labute approximate surface area is 165 Å². The van der Waals surface area contributed by atoms with Gasteiger partial charge in [-0.05, 0) is 37.4 Å². The van der Waals surface area contributed by atoms with Gasteiger partial charge in [-0.25, -0.2) is 13.1 Å². The van der Waals surface area contributed by atoms with Crippen LogP contribution in [-0.2, 0) is 10.0 Å². The molecule has 0 bridgehead atoms. The summed E-state index contributed by atoms with van der Waals surface area (Å²) in [6.45, 7) is 5.69. The van der Waals surface area contributed by atoms with E-state index in [0.29, 0.717) is 29.3 Å². The van der Waals surface area contributed by atoms with Crippen LogP contribution >= 0.6 is 35.3 Å². The van der Waals surface area contributed by atoms with Crippen LogP contribution in [0.3, 0.4) is 0 Å². The Kier molecular flexibility index (Phi) is 9.49. The number of thiophene rings is 1. The smallest absolute Gasteiger partial charge is 0.250 e. The van der Waals surface area contributed by atoms with Crippen molar-refractivity contribution in [2.24, 2.45) is 10.7 Å². The highest BCUT2D eigenvalue weighted by Gasteiger charge is 2.22. The quantitative estimate of drug-likeness (QED) is 0.220. The van der Waals surface area contributed by atoms with E-state index in [1.807, 2.05) is 0 Å². The van der Waals surface area contributed by atoms with E-state index in [4.69, 9.17) is 5.73 Å². The maximum Gasteiger partial charge on any atom is 0.250 e. The molecule has 4 N–H and O–H groups in total. The van der Waals surface area contributed by atoms with Crippen molar-refractivity contribution in [2.75, 3.05) is 32.7 Å². The van der Waals surface area contributed by atoms with Gasteiger partial charge in [-0.15, -0.1) is 35.3 Å². The zero-order chi connectivity index (χ0) is 16.7. The van der Waals surface area contributed by atoms with Crippen LogP contribution in [0.25, 0.3) is 0 Å². The summed E-state index contributed by atoms with van der Waals surface area (Å²) in [4.78, 5) is 6.76. The number of rotatable bonds is 8. The number of sulfonamides is 1. The molecule has 7 nitrogen and oxygen atoms in total. The molecule has 1 aromatic heterocycles. The van der Waals surface area contributed by atoms with Crippen LogP contribution in [0.4, 0.5) is 0 Å². The first-order valence-corrected chi connectivity index (χ1v) is 10.2. The molecule has 1 unspecified atom stereocenters. The summed E-state index contributed by atoms with van der Waals surface area (Å²) in [5.74, 6) is 0.364. The minimum absolute atomic E-state index is 0. The fourth-order valence-electron chi connectivity index (χ4n) is 2.64. The molecule has 2 rings (SSSR count). The van der Waals surface area contributed by atoms with Crippen molar-refractivity contribution in [2.45, 2.75) is 30.0 Å². The lowest BCUT2D eigenvalue weighted by atomic mass is 10.2. The zero-order valence-electron chi connectivity index (χ0n) is 13.8. The van der Waals surface area contributed by atoms with Crippen LogP contribution in [0.5, 0.6) is 0 Å². The average Bonchev–Trinajstić information content (AvgIpc) is 3.20. The second-order valence-corrected chi connectivity index (χ2v) is 8.35. The third-order valence-electron chi connectivity index (χ3n) is 3.86. The van der Waals surface area contributed by atoms with Gasteiger partial charge in [-0.2, -0.15) is 0 Å².